The lowest BCUT2D eigenvalue weighted by Gasteiger charge is -2.25. The second-order valence-electron chi connectivity index (χ2n) is 7.77. The highest BCUT2D eigenvalue weighted by Crippen LogP contribution is 2.06. The Kier molecular flexibility index (Phi) is 13.8. The summed E-state index contributed by atoms with van der Waals surface area (Å²) in [5, 5.41) is 25.9. The molecule has 0 aliphatic rings. The zero-order valence-electron chi connectivity index (χ0n) is 18.5. The first-order valence-electron chi connectivity index (χ1n) is 10.4. The van der Waals surface area contributed by atoms with E-state index in [0.717, 1.165) is 0 Å². The summed E-state index contributed by atoms with van der Waals surface area (Å²) >= 11 is 0. The quantitative estimate of drug-likeness (QED) is 0.109. The molecule has 0 aromatic rings. The predicted octanol–water partition coefficient (Wildman–Crippen LogP) is -3.10. The van der Waals surface area contributed by atoms with Crippen LogP contribution in [0.25, 0.3) is 0 Å². The van der Waals surface area contributed by atoms with Gasteiger partial charge in [-0.2, -0.15) is 0 Å². The van der Waals surface area contributed by atoms with E-state index in [4.69, 9.17) is 17.2 Å². The zero-order chi connectivity index (χ0) is 24.8. The van der Waals surface area contributed by atoms with Crippen LogP contribution in [0, 0.1) is 5.92 Å². The highest BCUT2D eigenvalue weighted by atomic mass is 16.4. The lowest BCUT2D eigenvalue weighted by Crippen LogP contribution is -2.58. The maximum atomic E-state index is 12.6. The van der Waals surface area contributed by atoms with Gasteiger partial charge in [0.05, 0.1) is 12.6 Å². The Hall–Kier alpha value is -2.77. The Morgan fingerprint density at radius 1 is 0.875 bits per heavy atom. The van der Waals surface area contributed by atoms with Gasteiger partial charge in [-0.05, 0) is 38.1 Å². The van der Waals surface area contributed by atoms with E-state index in [1.165, 1.54) is 0 Å². The lowest BCUT2D eigenvalue weighted by molar-refractivity contribution is -0.143. The molecule has 0 aromatic heterocycles. The number of primary amides is 1. The Balaban J connectivity index is 5.22. The summed E-state index contributed by atoms with van der Waals surface area (Å²) in [4.78, 5) is 59.5. The van der Waals surface area contributed by atoms with Gasteiger partial charge in [-0.3, -0.25) is 19.2 Å². The molecular weight excluding hydrogens is 424 g/mol. The van der Waals surface area contributed by atoms with Crippen LogP contribution in [0.1, 0.15) is 46.0 Å². The molecule has 4 unspecified atom stereocenters. The Labute approximate surface area is 186 Å². The van der Waals surface area contributed by atoms with Gasteiger partial charge in [0, 0.05) is 6.42 Å². The molecule has 0 rings (SSSR count). The third-order valence-corrected chi connectivity index (χ3v) is 4.66. The number of carboxylic acid groups (broad SMARTS) is 1. The van der Waals surface area contributed by atoms with Crippen molar-refractivity contribution in [2.45, 2.75) is 70.1 Å². The molecule has 11 N–H and O–H groups in total. The fourth-order valence-corrected chi connectivity index (χ4v) is 2.70. The lowest BCUT2D eigenvalue weighted by atomic mass is 10.0. The summed E-state index contributed by atoms with van der Waals surface area (Å²) in [5.41, 5.74) is 16.1. The summed E-state index contributed by atoms with van der Waals surface area (Å²) in [7, 11) is 0. The van der Waals surface area contributed by atoms with E-state index < -0.39 is 66.3 Å². The monoisotopic (exact) mass is 460 g/mol. The zero-order valence-corrected chi connectivity index (χ0v) is 18.5. The van der Waals surface area contributed by atoms with Gasteiger partial charge in [-0.25, -0.2) is 4.79 Å². The van der Waals surface area contributed by atoms with Crippen molar-refractivity contribution in [1.29, 1.82) is 0 Å². The third kappa shape index (κ3) is 11.0. The average Bonchev–Trinajstić information content (AvgIpc) is 2.72. The van der Waals surface area contributed by atoms with Gasteiger partial charge in [0.25, 0.3) is 0 Å². The summed E-state index contributed by atoms with van der Waals surface area (Å²) < 4.78 is 0. The first kappa shape index (κ1) is 29.2. The number of carbonyl (C=O) groups excluding carboxylic acids is 4. The number of hydrogen-bond donors (Lipinski definition) is 8. The van der Waals surface area contributed by atoms with Crippen LogP contribution in [0.5, 0.6) is 0 Å². The van der Waals surface area contributed by atoms with Gasteiger partial charge in [0.1, 0.15) is 18.1 Å². The molecule has 0 heterocycles. The molecule has 0 fully saturated rings. The molecule has 0 saturated carbocycles. The van der Waals surface area contributed by atoms with Gasteiger partial charge < -0.3 is 43.4 Å². The van der Waals surface area contributed by atoms with Crippen molar-refractivity contribution in [2.75, 3.05) is 13.2 Å². The van der Waals surface area contributed by atoms with Gasteiger partial charge in [-0.15, -0.1) is 0 Å². The van der Waals surface area contributed by atoms with Gasteiger partial charge in [-0.1, -0.05) is 13.8 Å². The van der Waals surface area contributed by atoms with Crippen LogP contribution in [0.3, 0.4) is 0 Å². The summed E-state index contributed by atoms with van der Waals surface area (Å²) in [6.45, 7) is 2.84. The predicted molar refractivity (Wildman–Crippen MR) is 115 cm³/mol. The molecule has 0 radical (unpaired) electrons. The SMILES string of the molecule is CC(C)C(NC(=O)C(CCCCN)NC(=O)C(CO)NC(=O)C(N)CCC(N)=O)C(=O)O. The Morgan fingerprint density at radius 2 is 1.44 bits per heavy atom. The van der Waals surface area contributed by atoms with Crippen molar-refractivity contribution in [1.82, 2.24) is 16.0 Å². The maximum absolute atomic E-state index is 12.6. The standard InChI is InChI=1S/C19H36N6O7/c1-10(2)15(19(31)32)25-17(29)12(5-3-4-8-20)23-18(30)13(9-26)24-16(28)11(21)6-7-14(22)27/h10-13,15,26H,3-9,20-21H2,1-2H3,(H2,22,27)(H,23,30)(H,24,28)(H,25,29)(H,31,32). The van der Waals surface area contributed by atoms with Crippen molar-refractivity contribution >= 4 is 29.6 Å². The number of unbranched alkanes of at least 4 members (excludes halogenated alkanes) is 1. The van der Waals surface area contributed by atoms with Gasteiger partial charge >= 0.3 is 5.97 Å². The minimum absolute atomic E-state index is 0.0448. The maximum Gasteiger partial charge on any atom is 0.326 e. The van der Waals surface area contributed by atoms with Crippen molar-refractivity contribution in [3.63, 3.8) is 0 Å². The topological polar surface area (TPSA) is 240 Å². The summed E-state index contributed by atoms with van der Waals surface area (Å²) in [5.74, 6) is -4.61. The van der Waals surface area contributed by atoms with E-state index in [1.807, 2.05) is 0 Å². The number of nitrogens with two attached hydrogens (primary N) is 3. The van der Waals surface area contributed by atoms with Crippen molar-refractivity contribution in [3.8, 4) is 0 Å². The van der Waals surface area contributed by atoms with E-state index in [1.54, 1.807) is 13.8 Å². The molecule has 0 aliphatic heterocycles. The number of carboxylic acids is 1. The number of aliphatic carboxylic acids is 1. The molecule has 0 aromatic carbocycles. The molecule has 0 saturated heterocycles. The number of aliphatic hydroxyl groups is 1. The van der Waals surface area contributed by atoms with E-state index in [9.17, 15) is 34.2 Å². The second-order valence-corrected chi connectivity index (χ2v) is 7.77. The smallest absolute Gasteiger partial charge is 0.326 e. The van der Waals surface area contributed by atoms with Gasteiger partial charge in [0.15, 0.2) is 0 Å². The van der Waals surface area contributed by atoms with Crippen LogP contribution in [0.15, 0.2) is 0 Å². The van der Waals surface area contributed by atoms with E-state index in [0.29, 0.717) is 19.4 Å². The Morgan fingerprint density at radius 3 is 1.91 bits per heavy atom. The molecule has 0 aliphatic carbocycles. The number of carbonyl (C=O) groups is 5. The molecular formula is C19H36N6O7. The fourth-order valence-electron chi connectivity index (χ4n) is 2.70. The van der Waals surface area contributed by atoms with Crippen LogP contribution in [-0.4, -0.2) is 77.1 Å². The molecule has 0 spiro atoms. The minimum atomic E-state index is -1.41. The normalized spacial score (nSPS) is 14.7. The molecule has 184 valence electrons. The van der Waals surface area contributed by atoms with Crippen molar-refractivity contribution in [3.05, 3.63) is 0 Å². The van der Waals surface area contributed by atoms with Crippen LogP contribution >= 0.6 is 0 Å². The molecule has 32 heavy (non-hydrogen) atoms. The van der Waals surface area contributed by atoms with Crippen molar-refractivity contribution in [2.24, 2.45) is 23.1 Å². The Bertz CT molecular complexity index is 658. The first-order valence-corrected chi connectivity index (χ1v) is 10.4. The van der Waals surface area contributed by atoms with E-state index >= 15 is 0 Å². The summed E-state index contributed by atoms with van der Waals surface area (Å²) in [6.07, 6.45) is 1.04. The minimum Gasteiger partial charge on any atom is -0.480 e. The number of hydrogen-bond acceptors (Lipinski definition) is 8. The summed E-state index contributed by atoms with van der Waals surface area (Å²) in [6, 6.07) is -4.81. The number of rotatable bonds is 16. The highest BCUT2D eigenvalue weighted by Gasteiger charge is 2.30. The molecule has 4 amide bonds. The largest absolute Gasteiger partial charge is 0.480 e. The van der Waals surface area contributed by atoms with E-state index in [-0.39, 0.29) is 19.3 Å². The third-order valence-electron chi connectivity index (χ3n) is 4.66. The first-order chi connectivity index (χ1) is 14.9. The van der Waals surface area contributed by atoms with Crippen LogP contribution in [0.2, 0.25) is 0 Å². The molecule has 4 atom stereocenters. The van der Waals surface area contributed by atoms with Crippen LogP contribution in [0.4, 0.5) is 0 Å². The number of aliphatic hydroxyl groups excluding tert-OH is 1. The molecule has 13 nitrogen and oxygen atoms in total. The fraction of sp³-hybridized carbons (Fsp3) is 0.737. The average molecular weight is 461 g/mol. The highest BCUT2D eigenvalue weighted by molar-refractivity contribution is 5.94. The number of amides is 4. The molecule has 13 heteroatoms. The number of nitrogens with one attached hydrogen (secondary N) is 3. The van der Waals surface area contributed by atoms with Gasteiger partial charge in [0.2, 0.25) is 23.6 Å². The van der Waals surface area contributed by atoms with Crippen molar-refractivity contribution < 1.29 is 34.2 Å². The van der Waals surface area contributed by atoms with Crippen LogP contribution < -0.4 is 33.2 Å². The van der Waals surface area contributed by atoms with Crippen LogP contribution in [-0.2, 0) is 24.0 Å². The second kappa shape index (κ2) is 15.1. The molecule has 0 bridgehead atoms. The van der Waals surface area contributed by atoms with E-state index in [2.05, 4.69) is 16.0 Å².